The first-order valence-corrected chi connectivity index (χ1v) is 12.7. The molecule has 0 aromatic heterocycles. The Kier molecular flexibility index (Phi) is 7.39. The molecule has 0 bridgehead atoms. The van der Waals surface area contributed by atoms with Crippen LogP contribution in [0.3, 0.4) is 0 Å². The molecular weight excluding hydrogens is 444 g/mol. The third-order valence-corrected chi connectivity index (χ3v) is 6.67. The third kappa shape index (κ3) is 5.29. The van der Waals surface area contributed by atoms with Crippen molar-refractivity contribution in [1.82, 2.24) is 0 Å². The van der Waals surface area contributed by atoms with Gasteiger partial charge in [0, 0.05) is 0 Å². The first-order valence-electron chi connectivity index (χ1n) is 12.7. The Labute approximate surface area is 219 Å². The van der Waals surface area contributed by atoms with Crippen LogP contribution in [-0.2, 0) is 6.42 Å². The van der Waals surface area contributed by atoms with Gasteiger partial charge in [0.2, 0.25) is 0 Å². The fourth-order valence-corrected chi connectivity index (χ4v) is 4.88. The minimum atomic E-state index is 0.922. The summed E-state index contributed by atoms with van der Waals surface area (Å²) >= 11 is 0. The summed E-state index contributed by atoms with van der Waals surface area (Å²) in [5.41, 5.74) is 7.58. The van der Waals surface area contributed by atoms with Gasteiger partial charge in [0.05, 0.1) is 0 Å². The van der Waals surface area contributed by atoms with Crippen molar-refractivity contribution in [3.8, 4) is 22.3 Å². The minimum Gasteiger partial charge on any atom is -0.103 e. The van der Waals surface area contributed by atoms with E-state index in [0.29, 0.717) is 0 Å². The van der Waals surface area contributed by atoms with Gasteiger partial charge in [0.1, 0.15) is 0 Å². The Morgan fingerprint density at radius 1 is 0.514 bits per heavy atom. The fraction of sp³-hybridized carbons (Fsp3) is 0.0270. The van der Waals surface area contributed by atoms with Gasteiger partial charge in [-0.25, -0.2) is 0 Å². The molecule has 0 spiro atoms. The second-order valence-electron chi connectivity index (χ2n) is 9.04. The van der Waals surface area contributed by atoms with Gasteiger partial charge in [-0.2, -0.15) is 0 Å². The predicted molar refractivity (Wildman–Crippen MR) is 163 cm³/mol. The highest BCUT2D eigenvalue weighted by Crippen LogP contribution is 2.35. The second kappa shape index (κ2) is 11.4. The van der Waals surface area contributed by atoms with Crippen molar-refractivity contribution in [1.29, 1.82) is 0 Å². The average molecular weight is 475 g/mol. The van der Waals surface area contributed by atoms with Crippen molar-refractivity contribution >= 4 is 27.6 Å². The van der Waals surface area contributed by atoms with Crippen LogP contribution in [0, 0.1) is 0 Å². The summed E-state index contributed by atoms with van der Waals surface area (Å²) in [7, 11) is 0. The summed E-state index contributed by atoms with van der Waals surface area (Å²) in [6.07, 6.45) is 4.81. The lowest BCUT2D eigenvalue weighted by Crippen LogP contribution is -1.87. The fourth-order valence-electron chi connectivity index (χ4n) is 4.88. The topological polar surface area (TPSA) is 0 Å². The standard InChI is InChI=1S/C22H16.C15H14/c1-2-16-12-13-20-14-18-10-6-7-11-19(18)15-21(20)22(16)17-8-4-3-5-9-17;1-2-8-13-11-6-7-12-15(13)14-9-4-3-5-10-14/h2-15H,1H2;2-7,9-12H,1,8H2. The van der Waals surface area contributed by atoms with E-state index < -0.39 is 0 Å². The first kappa shape index (κ1) is 24.0. The van der Waals surface area contributed by atoms with Crippen LogP contribution in [0.1, 0.15) is 11.1 Å². The summed E-state index contributed by atoms with van der Waals surface area (Å²) in [5, 5.41) is 5.10. The summed E-state index contributed by atoms with van der Waals surface area (Å²) in [6, 6.07) is 46.9. The molecule has 6 rings (SSSR count). The molecule has 0 heteroatoms. The molecule has 0 aliphatic carbocycles. The van der Waals surface area contributed by atoms with Gasteiger partial charge >= 0.3 is 0 Å². The molecule has 6 aromatic carbocycles. The Morgan fingerprint density at radius 2 is 1.11 bits per heavy atom. The normalized spacial score (nSPS) is 10.5. The first-order chi connectivity index (χ1) is 18.3. The van der Waals surface area contributed by atoms with Crippen LogP contribution in [0.2, 0.25) is 0 Å². The lowest BCUT2D eigenvalue weighted by Gasteiger charge is -2.12. The number of fused-ring (bicyclic) bond motifs is 2. The maximum atomic E-state index is 3.99. The Morgan fingerprint density at radius 3 is 1.78 bits per heavy atom. The lowest BCUT2D eigenvalue weighted by molar-refractivity contribution is 1.28. The highest BCUT2D eigenvalue weighted by atomic mass is 14.1. The molecule has 0 amide bonds. The molecule has 0 saturated carbocycles. The highest BCUT2D eigenvalue weighted by Gasteiger charge is 2.09. The molecule has 0 aliphatic rings. The monoisotopic (exact) mass is 474 g/mol. The minimum absolute atomic E-state index is 0.922. The zero-order chi connectivity index (χ0) is 25.5. The van der Waals surface area contributed by atoms with Crippen molar-refractivity contribution in [2.45, 2.75) is 6.42 Å². The van der Waals surface area contributed by atoms with Crippen LogP contribution in [0.25, 0.3) is 49.9 Å². The Bertz CT molecular complexity index is 1660. The van der Waals surface area contributed by atoms with E-state index in [9.17, 15) is 0 Å². The molecule has 0 saturated heterocycles. The van der Waals surface area contributed by atoms with Crippen molar-refractivity contribution in [3.05, 3.63) is 164 Å². The molecule has 0 atom stereocenters. The molecule has 0 heterocycles. The molecule has 6 aromatic rings. The number of hydrogen-bond acceptors (Lipinski definition) is 0. The van der Waals surface area contributed by atoms with Crippen molar-refractivity contribution in [3.63, 3.8) is 0 Å². The maximum absolute atomic E-state index is 3.99. The van der Waals surface area contributed by atoms with E-state index >= 15 is 0 Å². The Balaban J connectivity index is 0.000000164. The van der Waals surface area contributed by atoms with Gasteiger partial charge in [-0.15, -0.1) is 6.58 Å². The zero-order valence-corrected chi connectivity index (χ0v) is 21.0. The smallest absolute Gasteiger partial charge is 0.00328 e. The number of rotatable bonds is 5. The van der Waals surface area contributed by atoms with Crippen LogP contribution < -0.4 is 0 Å². The molecule has 178 valence electrons. The number of benzene rings is 6. The molecular formula is C37H30. The van der Waals surface area contributed by atoms with Gasteiger partial charge in [-0.3, -0.25) is 0 Å². The molecule has 37 heavy (non-hydrogen) atoms. The van der Waals surface area contributed by atoms with E-state index in [1.807, 2.05) is 18.2 Å². The van der Waals surface area contributed by atoms with Gasteiger partial charge < -0.3 is 0 Å². The van der Waals surface area contributed by atoms with Crippen molar-refractivity contribution in [2.75, 3.05) is 0 Å². The van der Waals surface area contributed by atoms with Gasteiger partial charge in [-0.05, 0) is 73.5 Å². The van der Waals surface area contributed by atoms with E-state index in [-0.39, 0.29) is 0 Å². The largest absolute Gasteiger partial charge is 0.103 e. The van der Waals surface area contributed by atoms with Crippen LogP contribution >= 0.6 is 0 Å². The SMILES string of the molecule is C=CCc1ccccc1-c1ccccc1.C=Cc1ccc2cc3ccccc3cc2c1-c1ccccc1. The summed E-state index contributed by atoms with van der Waals surface area (Å²) in [5.74, 6) is 0. The maximum Gasteiger partial charge on any atom is -0.00328 e. The van der Waals surface area contributed by atoms with Gasteiger partial charge in [0.25, 0.3) is 0 Å². The average Bonchev–Trinajstić information content (AvgIpc) is 2.97. The summed E-state index contributed by atoms with van der Waals surface area (Å²) < 4.78 is 0. The van der Waals surface area contributed by atoms with Crippen molar-refractivity contribution < 1.29 is 0 Å². The predicted octanol–water partition coefficient (Wildman–Crippen LogP) is 10.4. The molecule has 0 fully saturated rings. The summed E-state index contributed by atoms with van der Waals surface area (Å²) in [6.45, 7) is 7.78. The summed E-state index contributed by atoms with van der Waals surface area (Å²) in [4.78, 5) is 0. The van der Waals surface area contributed by atoms with E-state index in [4.69, 9.17) is 0 Å². The molecule has 0 radical (unpaired) electrons. The van der Waals surface area contributed by atoms with Gasteiger partial charge in [-0.1, -0.05) is 140 Å². The number of allylic oxidation sites excluding steroid dienone is 1. The van der Waals surface area contributed by atoms with Gasteiger partial charge in [0.15, 0.2) is 0 Å². The van der Waals surface area contributed by atoms with E-state index in [2.05, 4.69) is 141 Å². The molecule has 0 N–H and O–H groups in total. The molecule has 0 aliphatic heterocycles. The van der Waals surface area contributed by atoms with Crippen LogP contribution in [0.5, 0.6) is 0 Å². The third-order valence-electron chi connectivity index (χ3n) is 6.67. The van der Waals surface area contributed by atoms with Crippen LogP contribution in [0.4, 0.5) is 0 Å². The van der Waals surface area contributed by atoms with E-state index in [1.54, 1.807) is 0 Å². The lowest BCUT2D eigenvalue weighted by atomic mass is 9.91. The Hall–Kier alpha value is -4.68. The van der Waals surface area contributed by atoms with E-state index in [1.165, 1.54) is 54.9 Å². The highest BCUT2D eigenvalue weighted by molar-refractivity contribution is 6.07. The number of hydrogen-bond donors (Lipinski definition) is 0. The van der Waals surface area contributed by atoms with E-state index in [0.717, 1.165) is 6.42 Å². The van der Waals surface area contributed by atoms with Crippen molar-refractivity contribution in [2.24, 2.45) is 0 Å². The zero-order valence-electron chi connectivity index (χ0n) is 21.0. The quantitative estimate of drug-likeness (QED) is 0.172. The molecule has 0 nitrogen and oxygen atoms in total. The second-order valence-corrected chi connectivity index (χ2v) is 9.04. The van der Waals surface area contributed by atoms with Crippen LogP contribution in [0.15, 0.2) is 153 Å². The van der Waals surface area contributed by atoms with Crippen LogP contribution in [-0.4, -0.2) is 0 Å². The molecule has 0 unspecified atom stereocenters.